The number of hydrogen-bond donors (Lipinski definition) is 0. The van der Waals surface area contributed by atoms with Crippen LogP contribution in [0, 0.1) is 0 Å². The summed E-state index contributed by atoms with van der Waals surface area (Å²) in [5.41, 5.74) is 2.71. The summed E-state index contributed by atoms with van der Waals surface area (Å²) in [6.07, 6.45) is 6.21. The van der Waals surface area contributed by atoms with Gasteiger partial charge in [0.2, 0.25) is 0 Å². The van der Waals surface area contributed by atoms with Gasteiger partial charge in [0.05, 0.1) is 0 Å². The molecule has 0 aliphatic carbocycles. The molecule has 0 radical (unpaired) electrons. The first-order valence-corrected chi connectivity index (χ1v) is 10.9. The van der Waals surface area contributed by atoms with E-state index in [1.807, 2.05) is 0 Å². The Labute approximate surface area is 169 Å². The Bertz CT molecular complexity index is 682. The average molecular weight is 377 g/mol. The van der Waals surface area contributed by atoms with Gasteiger partial charge in [0, 0.05) is 38.0 Å². The Kier molecular flexibility index (Phi) is 6.56. The third-order valence-electron chi connectivity index (χ3n) is 6.38. The summed E-state index contributed by atoms with van der Waals surface area (Å²) in [5, 5.41) is 0. The van der Waals surface area contributed by atoms with Crippen molar-refractivity contribution in [2.75, 3.05) is 13.1 Å². The van der Waals surface area contributed by atoms with Crippen molar-refractivity contribution in [3.8, 4) is 0 Å². The number of ketones is 1. The van der Waals surface area contributed by atoms with Gasteiger partial charge in [-0.05, 0) is 49.9 Å². The topological polar surface area (TPSA) is 23.6 Å². The standard InChI is InChI=1S/C25H32N2O/c28-25(17-23-13-7-15-26(23)19-21-9-3-1-4-10-21)18-24-14-8-16-27(24)20-22-11-5-2-6-12-22/h1-6,9-12,23-24H,7-8,13-20H2/t23-,24-/m0/s1. The number of hydrogen-bond acceptors (Lipinski definition) is 3. The first kappa shape index (κ1) is 19.4. The third kappa shape index (κ3) is 5.09. The van der Waals surface area contributed by atoms with Crippen molar-refractivity contribution in [2.24, 2.45) is 0 Å². The van der Waals surface area contributed by atoms with Crippen LogP contribution < -0.4 is 0 Å². The van der Waals surface area contributed by atoms with E-state index in [4.69, 9.17) is 0 Å². The van der Waals surface area contributed by atoms with Crippen molar-refractivity contribution in [1.82, 2.24) is 9.80 Å². The third-order valence-corrected chi connectivity index (χ3v) is 6.38. The van der Waals surface area contributed by atoms with E-state index in [1.165, 1.54) is 24.0 Å². The fourth-order valence-corrected chi connectivity index (χ4v) is 4.91. The molecular weight excluding hydrogens is 344 g/mol. The molecule has 28 heavy (non-hydrogen) atoms. The van der Waals surface area contributed by atoms with E-state index in [2.05, 4.69) is 70.5 Å². The van der Waals surface area contributed by atoms with Crippen molar-refractivity contribution in [2.45, 2.75) is 63.7 Å². The summed E-state index contributed by atoms with van der Waals surface area (Å²) in [5.74, 6) is 0.454. The van der Waals surface area contributed by atoms with Gasteiger partial charge in [-0.2, -0.15) is 0 Å². The molecule has 3 heteroatoms. The summed E-state index contributed by atoms with van der Waals surface area (Å²) in [6, 6.07) is 22.2. The Hall–Kier alpha value is -1.97. The lowest BCUT2D eigenvalue weighted by molar-refractivity contribution is -0.121. The zero-order valence-corrected chi connectivity index (χ0v) is 16.8. The fraction of sp³-hybridized carbons (Fsp3) is 0.480. The van der Waals surface area contributed by atoms with Gasteiger partial charge in [-0.15, -0.1) is 0 Å². The summed E-state index contributed by atoms with van der Waals surface area (Å²) < 4.78 is 0. The van der Waals surface area contributed by atoms with E-state index < -0.39 is 0 Å². The molecule has 0 aromatic heterocycles. The van der Waals surface area contributed by atoms with Crippen LogP contribution >= 0.6 is 0 Å². The highest BCUT2D eigenvalue weighted by Gasteiger charge is 2.30. The van der Waals surface area contributed by atoms with Crippen LogP contribution in [0.25, 0.3) is 0 Å². The Balaban J connectivity index is 1.29. The number of Topliss-reactive ketones (excluding diaryl/α,β-unsaturated/α-hetero) is 1. The second-order valence-corrected chi connectivity index (χ2v) is 8.45. The summed E-state index contributed by atoms with van der Waals surface area (Å²) in [4.78, 5) is 17.9. The van der Waals surface area contributed by atoms with Gasteiger partial charge in [0.15, 0.2) is 0 Å². The lowest BCUT2D eigenvalue weighted by Crippen LogP contribution is -2.34. The summed E-state index contributed by atoms with van der Waals surface area (Å²) >= 11 is 0. The summed E-state index contributed by atoms with van der Waals surface area (Å²) in [6.45, 7) is 4.19. The second kappa shape index (κ2) is 9.49. The van der Waals surface area contributed by atoms with E-state index in [1.54, 1.807) is 0 Å². The molecule has 4 rings (SSSR count). The average Bonchev–Trinajstić information content (AvgIpc) is 3.33. The SMILES string of the molecule is O=C(C[C@@H]1CCCN1Cc1ccccc1)C[C@@H]1CCCN1Cc1ccccc1. The Morgan fingerprint density at radius 1 is 0.714 bits per heavy atom. The number of likely N-dealkylation sites (tertiary alicyclic amines) is 2. The lowest BCUT2D eigenvalue weighted by atomic mass is 10.0. The largest absolute Gasteiger partial charge is 0.300 e. The van der Waals surface area contributed by atoms with Crippen molar-refractivity contribution >= 4 is 5.78 Å². The van der Waals surface area contributed by atoms with Crippen LogP contribution in [0.3, 0.4) is 0 Å². The predicted octanol–water partition coefficient (Wildman–Crippen LogP) is 4.66. The van der Waals surface area contributed by atoms with Crippen LogP contribution in [0.5, 0.6) is 0 Å². The van der Waals surface area contributed by atoms with Crippen LogP contribution in [0.2, 0.25) is 0 Å². The van der Waals surface area contributed by atoms with Gasteiger partial charge in [0.25, 0.3) is 0 Å². The van der Waals surface area contributed by atoms with Crippen molar-refractivity contribution in [3.63, 3.8) is 0 Å². The Morgan fingerprint density at radius 2 is 1.14 bits per heavy atom. The molecular formula is C25H32N2O. The fourth-order valence-electron chi connectivity index (χ4n) is 4.91. The van der Waals surface area contributed by atoms with Crippen LogP contribution in [-0.4, -0.2) is 40.8 Å². The maximum atomic E-state index is 12.9. The molecule has 2 fully saturated rings. The molecule has 2 aliphatic heterocycles. The smallest absolute Gasteiger partial charge is 0.136 e. The first-order chi connectivity index (χ1) is 13.8. The molecule has 0 N–H and O–H groups in total. The molecule has 0 spiro atoms. The lowest BCUT2D eigenvalue weighted by Gasteiger charge is -2.27. The van der Waals surface area contributed by atoms with Crippen molar-refractivity contribution in [1.29, 1.82) is 0 Å². The maximum absolute atomic E-state index is 12.9. The minimum absolute atomic E-state index is 0.427. The summed E-state index contributed by atoms with van der Waals surface area (Å²) in [7, 11) is 0. The van der Waals surface area contributed by atoms with Gasteiger partial charge in [-0.25, -0.2) is 0 Å². The van der Waals surface area contributed by atoms with E-state index in [9.17, 15) is 4.79 Å². The van der Waals surface area contributed by atoms with E-state index in [-0.39, 0.29) is 0 Å². The minimum Gasteiger partial charge on any atom is -0.300 e. The number of carbonyl (C=O) groups excluding carboxylic acids is 1. The van der Waals surface area contributed by atoms with Gasteiger partial charge >= 0.3 is 0 Å². The van der Waals surface area contributed by atoms with Gasteiger partial charge in [0.1, 0.15) is 5.78 Å². The Morgan fingerprint density at radius 3 is 1.57 bits per heavy atom. The predicted molar refractivity (Wildman–Crippen MR) is 114 cm³/mol. The molecule has 0 amide bonds. The molecule has 2 atom stereocenters. The molecule has 0 bridgehead atoms. The number of benzene rings is 2. The number of carbonyl (C=O) groups is 1. The highest BCUT2D eigenvalue weighted by Crippen LogP contribution is 2.26. The van der Waals surface area contributed by atoms with Crippen LogP contribution in [0.15, 0.2) is 60.7 Å². The molecule has 148 valence electrons. The van der Waals surface area contributed by atoms with Gasteiger partial charge < -0.3 is 0 Å². The van der Waals surface area contributed by atoms with Gasteiger partial charge in [-0.1, -0.05) is 60.7 Å². The molecule has 3 nitrogen and oxygen atoms in total. The molecule has 2 aliphatic rings. The monoisotopic (exact) mass is 376 g/mol. The number of rotatable bonds is 8. The molecule has 2 aromatic rings. The van der Waals surface area contributed by atoms with Crippen molar-refractivity contribution < 1.29 is 4.79 Å². The van der Waals surface area contributed by atoms with Crippen LogP contribution in [0.1, 0.15) is 49.7 Å². The van der Waals surface area contributed by atoms with E-state index in [0.29, 0.717) is 17.9 Å². The number of nitrogens with zero attached hydrogens (tertiary/aromatic N) is 2. The molecule has 2 aromatic carbocycles. The second-order valence-electron chi connectivity index (χ2n) is 8.45. The highest BCUT2D eigenvalue weighted by atomic mass is 16.1. The maximum Gasteiger partial charge on any atom is 0.136 e. The first-order valence-electron chi connectivity index (χ1n) is 10.9. The van der Waals surface area contributed by atoms with Crippen molar-refractivity contribution in [3.05, 3.63) is 71.8 Å². The van der Waals surface area contributed by atoms with Crippen LogP contribution in [0.4, 0.5) is 0 Å². The van der Waals surface area contributed by atoms with Crippen LogP contribution in [-0.2, 0) is 17.9 Å². The minimum atomic E-state index is 0.427. The zero-order chi connectivity index (χ0) is 19.2. The molecule has 2 saturated heterocycles. The van der Waals surface area contributed by atoms with Gasteiger partial charge in [-0.3, -0.25) is 14.6 Å². The quantitative estimate of drug-likeness (QED) is 0.669. The molecule has 0 saturated carbocycles. The normalized spacial score (nSPS) is 23.3. The molecule has 2 heterocycles. The molecule has 0 unspecified atom stereocenters. The van der Waals surface area contributed by atoms with E-state index >= 15 is 0 Å². The zero-order valence-electron chi connectivity index (χ0n) is 16.8. The van der Waals surface area contributed by atoms with E-state index in [0.717, 1.165) is 51.9 Å². The highest BCUT2D eigenvalue weighted by molar-refractivity contribution is 5.79.